The molecule has 0 saturated heterocycles. The highest BCUT2D eigenvalue weighted by atomic mass is 16.4. The van der Waals surface area contributed by atoms with E-state index in [0.717, 1.165) is 18.4 Å². The van der Waals surface area contributed by atoms with Gasteiger partial charge in [-0.3, -0.25) is 0 Å². The Hall–Kier alpha value is -0.830. The van der Waals surface area contributed by atoms with Crippen molar-refractivity contribution in [3.05, 3.63) is 11.6 Å². The second-order valence-electron chi connectivity index (χ2n) is 2.87. The molecule has 0 heterocycles. The van der Waals surface area contributed by atoms with Crippen LogP contribution in [0.2, 0.25) is 0 Å². The highest BCUT2D eigenvalue weighted by Gasteiger charge is 2.13. The molecule has 0 aromatic carbocycles. The monoisotopic (exact) mass is 156 g/mol. The van der Waals surface area contributed by atoms with Gasteiger partial charge in [-0.05, 0) is 25.7 Å². The predicted molar refractivity (Wildman–Crippen MR) is 40.2 cm³/mol. The third-order valence-corrected chi connectivity index (χ3v) is 1.92. The SMILES string of the molecule is O=C(O)C=C1CCC(O)CC1. The van der Waals surface area contributed by atoms with Crippen LogP contribution >= 0.6 is 0 Å². The Morgan fingerprint density at radius 3 is 2.45 bits per heavy atom. The smallest absolute Gasteiger partial charge is 0.328 e. The van der Waals surface area contributed by atoms with E-state index in [1.54, 1.807) is 0 Å². The maximum Gasteiger partial charge on any atom is 0.328 e. The number of carboxylic acids is 1. The van der Waals surface area contributed by atoms with Crippen molar-refractivity contribution in [2.75, 3.05) is 0 Å². The third kappa shape index (κ3) is 2.72. The zero-order valence-corrected chi connectivity index (χ0v) is 6.29. The van der Waals surface area contributed by atoms with E-state index in [1.807, 2.05) is 0 Å². The van der Waals surface area contributed by atoms with E-state index < -0.39 is 5.97 Å². The van der Waals surface area contributed by atoms with Gasteiger partial charge in [0.15, 0.2) is 0 Å². The Labute approximate surface area is 65.3 Å². The summed E-state index contributed by atoms with van der Waals surface area (Å²) in [4.78, 5) is 10.2. The van der Waals surface area contributed by atoms with Crippen molar-refractivity contribution in [1.82, 2.24) is 0 Å². The molecule has 11 heavy (non-hydrogen) atoms. The van der Waals surface area contributed by atoms with Gasteiger partial charge in [-0.1, -0.05) is 5.57 Å². The largest absolute Gasteiger partial charge is 0.478 e. The molecular formula is C8H12O3. The fourth-order valence-corrected chi connectivity index (χ4v) is 1.29. The first-order chi connectivity index (χ1) is 5.18. The summed E-state index contributed by atoms with van der Waals surface area (Å²) in [6.45, 7) is 0. The van der Waals surface area contributed by atoms with Crippen LogP contribution in [0.5, 0.6) is 0 Å². The van der Waals surface area contributed by atoms with Crippen molar-refractivity contribution in [2.45, 2.75) is 31.8 Å². The molecule has 0 unspecified atom stereocenters. The summed E-state index contributed by atoms with van der Waals surface area (Å²) in [5, 5.41) is 17.5. The average molecular weight is 156 g/mol. The van der Waals surface area contributed by atoms with Crippen molar-refractivity contribution in [2.24, 2.45) is 0 Å². The highest BCUT2D eigenvalue weighted by molar-refractivity contribution is 5.80. The van der Waals surface area contributed by atoms with E-state index in [0.29, 0.717) is 12.8 Å². The molecule has 1 rings (SSSR count). The lowest BCUT2D eigenvalue weighted by molar-refractivity contribution is -0.131. The number of aliphatic hydroxyl groups is 1. The van der Waals surface area contributed by atoms with Gasteiger partial charge in [-0.25, -0.2) is 4.79 Å². The molecule has 0 aromatic heterocycles. The van der Waals surface area contributed by atoms with E-state index in [9.17, 15) is 4.79 Å². The average Bonchev–Trinajstić information content (AvgIpc) is 1.93. The Kier molecular flexibility index (Phi) is 2.65. The summed E-state index contributed by atoms with van der Waals surface area (Å²) in [5.74, 6) is -0.878. The molecule has 0 radical (unpaired) electrons. The van der Waals surface area contributed by atoms with Crippen LogP contribution in [0, 0.1) is 0 Å². The van der Waals surface area contributed by atoms with E-state index >= 15 is 0 Å². The van der Waals surface area contributed by atoms with Gasteiger partial charge in [0.05, 0.1) is 6.10 Å². The summed E-state index contributed by atoms with van der Waals surface area (Å²) in [6, 6.07) is 0. The van der Waals surface area contributed by atoms with Gasteiger partial charge in [0, 0.05) is 6.08 Å². The van der Waals surface area contributed by atoms with Crippen LogP contribution in [0.4, 0.5) is 0 Å². The first kappa shape index (κ1) is 8.27. The lowest BCUT2D eigenvalue weighted by Crippen LogP contribution is -2.13. The summed E-state index contributed by atoms with van der Waals surface area (Å²) >= 11 is 0. The van der Waals surface area contributed by atoms with Crippen molar-refractivity contribution < 1.29 is 15.0 Å². The minimum Gasteiger partial charge on any atom is -0.478 e. The number of hydrogen-bond donors (Lipinski definition) is 2. The number of carboxylic acid groups (broad SMARTS) is 1. The number of aliphatic carboxylic acids is 1. The van der Waals surface area contributed by atoms with Crippen LogP contribution in [0.3, 0.4) is 0 Å². The van der Waals surface area contributed by atoms with Crippen molar-refractivity contribution in [3.63, 3.8) is 0 Å². The van der Waals surface area contributed by atoms with Crippen molar-refractivity contribution >= 4 is 5.97 Å². The fraction of sp³-hybridized carbons (Fsp3) is 0.625. The molecule has 0 spiro atoms. The molecule has 2 N–H and O–H groups in total. The molecule has 3 nitrogen and oxygen atoms in total. The molecule has 1 fully saturated rings. The first-order valence-corrected chi connectivity index (χ1v) is 3.79. The van der Waals surface area contributed by atoms with E-state index in [2.05, 4.69) is 0 Å². The molecule has 1 saturated carbocycles. The summed E-state index contributed by atoms with van der Waals surface area (Å²) in [7, 11) is 0. The van der Waals surface area contributed by atoms with Gasteiger partial charge >= 0.3 is 5.97 Å². The van der Waals surface area contributed by atoms with Crippen LogP contribution < -0.4 is 0 Å². The molecular weight excluding hydrogens is 144 g/mol. The number of carbonyl (C=O) groups is 1. The Morgan fingerprint density at radius 1 is 1.45 bits per heavy atom. The van der Waals surface area contributed by atoms with Gasteiger partial charge in [-0.15, -0.1) is 0 Å². The summed E-state index contributed by atoms with van der Waals surface area (Å²) in [5.41, 5.74) is 0.947. The minimum absolute atomic E-state index is 0.221. The molecule has 0 bridgehead atoms. The van der Waals surface area contributed by atoms with Crippen LogP contribution in [-0.2, 0) is 4.79 Å². The minimum atomic E-state index is -0.878. The maximum atomic E-state index is 10.2. The van der Waals surface area contributed by atoms with E-state index in [1.165, 1.54) is 6.08 Å². The van der Waals surface area contributed by atoms with E-state index in [4.69, 9.17) is 10.2 Å². The van der Waals surface area contributed by atoms with Crippen LogP contribution in [0.1, 0.15) is 25.7 Å². The molecule has 1 aliphatic rings. The van der Waals surface area contributed by atoms with Crippen molar-refractivity contribution in [1.29, 1.82) is 0 Å². The Morgan fingerprint density at radius 2 is 2.00 bits per heavy atom. The standard InChI is InChI=1S/C8H12O3/c9-7-3-1-6(2-4-7)5-8(10)11/h5,7,9H,1-4H2,(H,10,11). The molecule has 0 aliphatic heterocycles. The number of aliphatic hydroxyl groups excluding tert-OH is 1. The number of rotatable bonds is 1. The van der Waals surface area contributed by atoms with Crippen LogP contribution in [0.25, 0.3) is 0 Å². The zero-order valence-electron chi connectivity index (χ0n) is 6.29. The highest BCUT2D eigenvalue weighted by Crippen LogP contribution is 2.22. The van der Waals surface area contributed by atoms with Gasteiger partial charge < -0.3 is 10.2 Å². The normalized spacial score (nSPS) is 24.8. The van der Waals surface area contributed by atoms with Gasteiger partial charge in [0.1, 0.15) is 0 Å². The van der Waals surface area contributed by atoms with Crippen molar-refractivity contribution in [3.8, 4) is 0 Å². The quantitative estimate of drug-likeness (QED) is 0.555. The molecule has 0 amide bonds. The van der Waals surface area contributed by atoms with Gasteiger partial charge in [0.2, 0.25) is 0 Å². The Balaban J connectivity index is 2.45. The second-order valence-corrected chi connectivity index (χ2v) is 2.87. The second kappa shape index (κ2) is 3.53. The zero-order chi connectivity index (χ0) is 8.27. The summed E-state index contributed by atoms with van der Waals surface area (Å²) in [6.07, 6.45) is 3.91. The molecule has 0 atom stereocenters. The van der Waals surface area contributed by atoms with Gasteiger partial charge in [0.25, 0.3) is 0 Å². The van der Waals surface area contributed by atoms with Crippen LogP contribution in [-0.4, -0.2) is 22.3 Å². The number of hydrogen-bond acceptors (Lipinski definition) is 2. The predicted octanol–water partition coefficient (Wildman–Crippen LogP) is 0.932. The maximum absolute atomic E-state index is 10.2. The molecule has 1 aliphatic carbocycles. The Bertz CT molecular complexity index is 174. The first-order valence-electron chi connectivity index (χ1n) is 3.79. The topological polar surface area (TPSA) is 57.5 Å². The lowest BCUT2D eigenvalue weighted by Gasteiger charge is -2.18. The number of allylic oxidation sites excluding steroid dienone is 1. The van der Waals surface area contributed by atoms with Gasteiger partial charge in [-0.2, -0.15) is 0 Å². The summed E-state index contributed by atoms with van der Waals surface area (Å²) < 4.78 is 0. The molecule has 0 aromatic rings. The fourth-order valence-electron chi connectivity index (χ4n) is 1.29. The molecule has 62 valence electrons. The van der Waals surface area contributed by atoms with E-state index in [-0.39, 0.29) is 6.10 Å². The van der Waals surface area contributed by atoms with Crippen LogP contribution in [0.15, 0.2) is 11.6 Å². The lowest BCUT2D eigenvalue weighted by atomic mass is 9.92. The third-order valence-electron chi connectivity index (χ3n) is 1.92. The molecule has 3 heteroatoms.